The minimum atomic E-state index is -0.647. The van der Waals surface area contributed by atoms with Crippen LogP contribution >= 0.6 is 11.3 Å². The molecule has 0 amide bonds. The molecule has 194 valence electrons. The molecule has 0 aliphatic carbocycles. The molecule has 0 saturated carbocycles. The van der Waals surface area contributed by atoms with Crippen LogP contribution in [0.2, 0.25) is 0 Å². The van der Waals surface area contributed by atoms with E-state index in [4.69, 9.17) is 10.5 Å². The topological polar surface area (TPSA) is 108 Å². The zero-order chi connectivity index (χ0) is 27.0. The zero-order valence-corrected chi connectivity index (χ0v) is 21.8. The molecule has 38 heavy (non-hydrogen) atoms. The first kappa shape index (κ1) is 25.3. The van der Waals surface area contributed by atoms with Crippen LogP contribution in [0.25, 0.3) is 26.5 Å². The third kappa shape index (κ3) is 4.57. The highest BCUT2D eigenvalue weighted by Crippen LogP contribution is 2.38. The lowest BCUT2D eigenvalue weighted by Gasteiger charge is -2.14. The quantitative estimate of drug-likeness (QED) is 0.320. The highest BCUT2D eigenvalue weighted by Gasteiger charge is 2.25. The Bertz CT molecular complexity index is 1740. The third-order valence-corrected chi connectivity index (χ3v) is 7.37. The molecule has 0 unspecified atom stereocenters. The Morgan fingerprint density at radius 1 is 1.03 bits per heavy atom. The number of thiophene rings is 1. The second-order valence-corrected chi connectivity index (χ2v) is 9.98. The molecule has 0 bridgehead atoms. The third-order valence-electron chi connectivity index (χ3n) is 6.07. The van der Waals surface area contributed by atoms with E-state index < -0.39 is 17.1 Å². The van der Waals surface area contributed by atoms with Crippen molar-refractivity contribution in [1.82, 2.24) is 24.2 Å². The summed E-state index contributed by atoms with van der Waals surface area (Å²) < 4.78 is 22.2. The number of hydrogen-bond acceptors (Lipinski definition) is 8. The van der Waals surface area contributed by atoms with E-state index in [-0.39, 0.29) is 18.2 Å². The molecule has 5 aromatic rings. The van der Waals surface area contributed by atoms with Crippen LogP contribution in [0.3, 0.4) is 0 Å². The number of aromatic nitrogens is 4. The molecule has 3 aromatic heterocycles. The van der Waals surface area contributed by atoms with Gasteiger partial charge in [0.05, 0.1) is 19.0 Å². The van der Waals surface area contributed by atoms with Crippen molar-refractivity contribution in [2.75, 3.05) is 26.9 Å². The SMILES string of the molecule is COc1ccc(-n2c(=O)c3c(CN(C)C)c(-c4ccc(N)cc4)sc3n(Cc3ccccc3F)c2=O)nn1. The van der Waals surface area contributed by atoms with Gasteiger partial charge in [0.25, 0.3) is 5.56 Å². The van der Waals surface area contributed by atoms with Gasteiger partial charge in [0.1, 0.15) is 10.6 Å². The number of benzene rings is 2. The average Bonchev–Trinajstić information content (AvgIpc) is 3.27. The van der Waals surface area contributed by atoms with E-state index in [1.807, 2.05) is 31.1 Å². The Morgan fingerprint density at radius 2 is 1.76 bits per heavy atom. The fraction of sp³-hybridized carbons (Fsp3) is 0.185. The van der Waals surface area contributed by atoms with Gasteiger partial charge in [-0.25, -0.2) is 13.8 Å². The fourth-order valence-electron chi connectivity index (χ4n) is 4.28. The van der Waals surface area contributed by atoms with Crippen molar-refractivity contribution in [2.24, 2.45) is 0 Å². The largest absolute Gasteiger partial charge is 0.480 e. The van der Waals surface area contributed by atoms with Gasteiger partial charge in [-0.2, -0.15) is 0 Å². The molecule has 0 saturated heterocycles. The molecule has 3 heterocycles. The predicted octanol–water partition coefficient (Wildman–Crippen LogP) is 3.51. The van der Waals surface area contributed by atoms with E-state index in [2.05, 4.69) is 10.2 Å². The zero-order valence-electron chi connectivity index (χ0n) is 21.0. The fourth-order valence-corrected chi connectivity index (χ4v) is 5.59. The summed E-state index contributed by atoms with van der Waals surface area (Å²) in [5.41, 5.74) is 7.28. The van der Waals surface area contributed by atoms with Crippen molar-refractivity contribution in [3.63, 3.8) is 0 Å². The molecule has 0 aliphatic rings. The van der Waals surface area contributed by atoms with Crippen LogP contribution in [-0.2, 0) is 13.1 Å². The summed E-state index contributed by atoms with van der Waals surface area (Å²) in [4.78, 5) is 31.1. The summed E-state index contributed by atoms with van der Waals surface area (Å²) in [5, 5.41) is 8.36. The normalized spacial score (nSPS) is 11.4. The number of fused-ring (bicyclic) bond motifs is 1. The molecular formula is C27H25FN6O3S. The molecule has 0 aliphatic heterocycles. The number of nitrogen functional groups attached to an aromatic ring is 1. The number of nitrogens with two attached hydrogens (primary N) is 1. The second kappa shape index (κ2) is 10.2. The van der Waals surface area contributed by atoms with Crippen LogP contribution in [0.4, 0.5) is 10.1 Å². The van der Waals surface area contributed by atoms with E-state index in [0.717, 1.165) is 20.6 Å². The number of methoxy groups -OCH3 is 1. The van der Waals surface area contributed by atoms with E-state index in [1.165, 1.54) is 41.2 Å². The molecular weight excluding hydrogens is 507 g/mol. The van der Waals surface area contributed by atoms with Gasteiger partial charge in [0, 0.05) is 28.7 Å². The van der Waals surface area contributed by atoms with Gasteiger partial charge in [0.15, 0.2) is 5.82 Å². The van der Waals surface area contributed by atoms with Gasteiger partial charge in [-0.1, -0.05) is 30.3 Å². The number of rotatable bonds is 7. The lowest BCUT2D eigenvalue weighted by Crippen LogP contribution is -2.39. The van der Waals surface area contributed by atoms with Crippen LogP contribution in [0.1, 0.15) is 11.1 Å². The van der Waals surface area contributed by atoms with E-state index in [0.29, 0.717) is 28.0 Å². The first-order valence-corrected chi connectivity index (χ1v) is 12.5. The minimum absolute atomic E-state index is 0.0426. The van der Waals surface area contributed by atoms with Crippen molar-refractivity contribution in [3.8, 4) is 22.1 Å². The van der Waals surface area contributed by atoms with Gasteiger partial charge in [-0.05, 0) is 49.5 Å². The summed E-state index contributed by atoms with van der Waals surface area (Å²) >= 11 is 1.32. The first-order chi connectivity index (χ1) is 18.3. The Kier molecular flexibility index (Phi) is 6.79. The summed E-state index contributed by atoms with van der Waals surface area (Å²) in [5.74, 6) is -0.164. The van der Waals surface area contributed by atoms with Crippen molar-refractivity contribution in [3.05, 3.63) is 98.4 Å². The van der Waals surface area contributed by atoms with Gasteiger partial charge in [-0.15, -0.1) is 21.5 Å². The minimum Gasteiger partial charge on any atom is -0.480 e. The number of nitrogens with zero attached hydrogens (tertiary/aromatic N) is 5. The summed E-state index contributed by atoms with van der Waals surface area (Å²) in [6, 6.07) is 16.6. The molecule has 0 atom stereocenters. The molecule has 2 N–H and O–H groups in total. The molecule has 0 radical (unpaired) electrons. The second-order valence-electron chi connectivity index (χ2n) is 8.98. The van der Waals surface area contributed by atoms with Gasteiger partial charge < -0.3 is 15.4 Å². The van der Waals surface area contributed by atoms with Crippen molar-refractivity contribution in [1.29, 1.82) is 0 Å². The number of hydrogen-bond donors (Lipinski definition) is 1. The standard InChI is InChI=1S/C27H25FN6O3S/c1-32(2)15-19-23-25(35)34(21-12-13-22(37-3)31-30-21)27(36)33(14-17-6-4-5-7-20(17)28)26(23)38-24(19)16-8-10-18(29)11-9-16/h4-13H,14-15,29H2,1-3H3. The Hall–Kier alpha value is -4.35. The molecule has 5 rings (SSSR count). The molecule has 0 fully saturated rings. The van der Waals surface area contributed by atoms with E-state index >= 15 is 0 Å². The van der Waals surface area contributed by atoms with E-state index in [9.17, 15) is 14.0 Å². The lowest BCUT2D eigenvalue weighted by atomic mass is 10.1. The Labute approximate surface area is 221 Å². The molecule has 0 spiro atoms. The summed E-state index contributed by atoms with van der Waals surface area (Å²) in [6.07, 6.45) is 0. The van der Waals surface area contributed by atoms with Crippen LogP contribution < -0.4 is 21.7 Å². The van der Waals surface area contributed by atoms with Crippen molar-refractivity contribution < 1.29 is 9.13 Å². The maximum atomic E-state index is 14.7. The average molecular weight is 533 g/mol. The molecule has 11 heteroatoms. The first-order valence-electron chi connectivity index (χ1n) is 11.7. The summed E-state index contributed by atoms with van der Waals surface area (Å²) in [6.45, 7) is 0.357. The maximum absolute atomic E-state index is 14.7. The highest BCUT2D eigenvalue weighted by atomic mass is 32.1. The number of ether oxygens (including phenoxy) is 1. The number of anilines is 1. The van der Waals surface area contributed by atoms with E-state index in [1.54, 1.807) is 30.3 Å². The Balaban J connectivity index is 1.88. The van der Waals surface area contributed by atoms with Crippen LogP contribution in [-0.4, -0.2) is 45.4 Å². The van der Waals surface area contributed by atoms with Crippen molar-refractivity contribution >= 4 is 27.2 Å². The summed E-state index contributed by atoms with van der Waals surface area (Å²) in [7, 11) is 5.25. The maximum Gasteiger partial charge on any atom is 0.338 e. The monoisotopic (exact) mass is 532 g/mol. The Morgan fingerprint density at radius 3 is 2.39 bits per heavy atom. The number of halogens is 1. The molecule has 9 nitrogen and oxygen atoms in total. The molecule has 2 aromatic carbocycles. The van der Waals surface area contributed by atoms with Crippen LogP contribution in [0, 0.1) is 5.82 Å². The van der Waals surface area contributed by atoms with Gasteiger partial charge >= 0.3 is 5.69 Å². The lowest BCUT2D eigenvalue weighted by molar-refractivity contribution is 0.391. The van der Waals surface area contributed by atoms with Crippen LogP contribution in [0.5, 0.6) is 5.88 Å². The van der Waals surface area contributed by atoms with Gasteiger partial charge in [0.2, 0.25) is 5.88 Å². The predicted molar refractivity (Wildman–Crippen MR) is 147 cm³/mol. The van der Waals surface area contributed by atoms with Gasteiger partial charge in [-0.3, -0.25) is 9.36 Å². The smallest absolute Gasteiger partial charge is 0.338 e. The van der Waals surface area contributed by atoms with Crippen LogP contribution in [0.15, 0.2) is 70.3 Å². The van der Waals surface area contributed by atoms with Crippen molar-refractivity contribution in [2.45, 2.75) is 13.1 Å². The highest BCUT2D eigenvalue weighted by molar-refractivity contribution is 7.22.